The first-order valence-electron chi connectivity index (χ1n) is 43.8. The fourth-order valence-corrected chi connectivity index (χ4v) is 19.9. The Morgan fingerprint density at radius 3 is 0.721 bits per heavy atom. The van der Waals surface area contributed by atoms with E-state index < -0.39 is 0 Å². The van der Waals surface area contributed by atoms with Gasteiger partial charge in [-0.15, -0.1) is 0 Å². The fourth-order valence-electron chi connectivity index (χ4n) is 19.9. The minimum Gasteiger partial charge on any atom is -0.309 e. The molecular formula is C120H75N9. The van der Waals surface area contributed by atoms with E-state index >= 15 is 0 Å². The highest BCUT2D eigenvalue weighted by Crippen LogP contribution is 2.43. The number of nitrogens with zero attached hydrogens (tertiary/aromatic N) is 9. The van der Waals surface area contributed by atoms with Crippen LogP contribution < -0.4 is 0 Å². The molecule has 9 heteroatoms. The average molecular weight is 1640 g/mol. The fraction of sp³-hybridized carbons (Fsp3) is 0. The van der Waals surface area contributed by atoms with Crippen molar-refractivity contribution in [3.05, 3.63) is 455 Å². The van der Waals surface area contributed by atoms with Gasteiger partial charge in [0.15, 0.2) is 0 Å². The third-order valence-corrected chi connectivity index (χ3v) is 25.9. The molecule has 27 aromatic rings. The topological polar surface area (TPSA) is 92.1 Å². The van der Waals surface area contributed by atoms with Crippen LogP contribution in [0.4, 0.5) is 0 Å². The summed E-state index contributed by atoms with van der Waals surface area (Å²) in [5, 5.41) is 21.6. The van der Waals surface area contributed by atoms with Crippen molar-refractivity contribution in [3.63, 3.8) is 0 Å². The van der Waals surface area contributed by atoms with Crippen LogP contribution in [0.5, 0.6) is 0 Å². The first kappa shape index (κ1) is 74.2. The van der Waals surface area contributed by atoms with E-state index in [0.717, 1.165) is 127 Å². The van der Waals surface area contributed by atoms with E-state index in [2.05, 4.69) is 450 Å². The van der Waals surface area contributed by atoms with Gasteiger partial charge in [0.05, 0.1) is 108 Å². The van der Waals surface area contributed by atoms with Crippen LogP contribution in [-0.2, 0) is 0 Å². The molecule has 0 unspecified atom stereocenters. The van der Waals surface area contributed by atoms with Gasteiger partial charge in [-0.1, -0.05) is 370 Å². The summed E-state index contributed by atoms with van der Waals surface area (Å²) in [6.07, 6.45) is 5.71. The predicted molar refractivity (Wildman–Crippen MR) is 539 cm³/mol. The standard InChI is InChI=1S/3C40H25N3/c1-3-16-33-29(12-1)30-13-2-4-17-34(30)40-39(33)41-25-35(42-40)27-23-21-26(22-24-27)28-11-5-8-18-36(28)43-37-19-9-6-14-31(37)32-15-7-10-20-38(32)43;1-3-16-34-30(12-1)31-13-2-4-17-35(31)40-39(34)41-25-36(42-40)27-22-20-26(21-23-27)28-10-9-11-29(24-28)43-37-18-7-5-14-32(37)33-15-6-8-19-38(33)43;1-3-13-34-30(9-1)31-10-2-4-14-35(31)40-39(34)41-25-36(42-40)28-19-17-26(18-20-28)27-21-23-29(24-22-27)43-37-15-7-5-11-32(37)33-12-6-8-16-38(33)43/h3*1-25H. The zero-order chi connectivity index (χ0) is 85.0. The summed E-state index contributed by atoms with van der Waals surface area (Å²) in [6, 6.07) is 155. The van der Waals surface area contributed by atoms with Crippen LogP contribution in [0.2, 0.25) is 0 Å². The SMILES string of the molecule is c1cc(-c2ccc(-c3cnc4c5ccccc5c5ccccc5c4n3)cc2)cc(-n2c3ccccc3c3ccccc32)c1.c1ccc(-n2c3ccccc3c3ccccc32)c(-c2ccc(-c3cnc4c5ccccc5c5ccccc5c4n3)cc2)c1.c1ccc2c(c1)c1ccccc1c1nc(-c3ccc(-c4ccc(-n5c6ccccc6c6ccccc65)cc4)cc3)cnc21. The molecule has 0 spiro atoms. The lowest BCUT2D eigenvalue weighted by atomic mass is 9.99. The molecule has 0 fully saturated rings. The normalized spacial score (nSPS) is 11.7. The largest absolute Gasteiger partial charge is 0.309 e. The Balaban J connectivity index is 0.000000105. The molecule has 0 atom stereocenters. The molecular weight excluding hydrogens is 1570 g/mol. The molecule has 0 aliphatic heterocycles. The number of para-hydroxylation sites is 7. The van der Waals surface area contributed by atoms with E-state index in [4.69, 9.17) is 29.9 Å². The van der Waals surface area contributed by atoms with Gasteiger partial charge in [0.1, 0.15) is 0 Å². The molecule has 6 heterocycles. The van der Waals surface area contributed by atoms with E-state index in [-0.39, 0.29) is 0 Å². The van der Waals surface area contributed by atoms with Gasteiger partial charge in [0, 0.05) is 98.3 Å². The van der Waals surface area contributed by atoms with Gasteiger partial charge < -0.3 is 13.7 Å². The van der Waals surface area contributed by atoms with Crippen molar-refractivity contribution in [1.29, 1.82) is 0 Å². The number of benzene rings is 21. The van der Waals surface area contributed by atoms with Gasteiger partial charge in [-0.25, -0.2) is 15.0 Å². The third kappa shape index (κ3) is 12.5. The third-order valence-electron chi connectivity index (χ3n) is 25.9. The summed E-state index contributed by atoms with van der Waals surface area (Å²) in [5.41, 5.74) is 29.2. The van der Waals surface area contributed by atoms with Crippen LogP contribution in [0.3, 0.4) is 0 Å². The van der Waals surface area contributed by atoms with E-state index in [1.165, 1.54) is 120 Å². The lowest BCUT2D eigenvalue weighted by Crippen LogP contribution is -1.97. The first-order valence-corrected chi connectivity index (χ1v) is 43.8. The molecule has 600 valence electrons. The van der Waals surface area contributed by atoms with Crippen LogP contribution in [0, 0.1) is 0 Å². The van der Waals surface area contributed by atoms with Gasteiger partial charge in [-0.05, 0) is 127 Å². The van der Waals surface area contributed by atoms with Crippen LogP contribution in [0.1, 0.15) is 0 Å². The van der Waals surface area contributed by atoms with Crippen LogP contribution in [0.25, 0.3) is 247 Å². The second-order valence-corrected chi connectivity index (χ2v) is 33.1. The van der Waals surface area contributed by atoms with Gasteiger partial charge in [0.2, 0.25) is 0 Å². The second-order valence-electron chi connectivity index (χ2n) is 33.1. The summed E-state index contributed by atoms with van der Waals surface area (Å²) in [4.78, 5) is 30.3. The molecule has 0 radical (unpaired) electrons. The van der Waals surface area contributed by atoms with Gasteiger partial charge >= 0.3 is 0 Å². The summed E-state index contributed by atoms with van der Waals surface area (Å²) in [7, 11) is 0. The Kier molecular flexibility index (Phi) is 17.7. The Morgan fingerprint density at radius 2 is 0.388 bits per heavy atom. The molecule has 0 aliphatic rings. The van der Waals surface area contributed by atoms with Gasteiger partial charge in [0.25, 0.3) is 0 Å². The minimum absolute atomic E-state index is 0.871. The van der Waals surface area contributed by atoms with Crippen molar-refractivity contribution in [2.45, 2.75) is 0 Å². The van der Waals surface area contributed by atoms with Crippen molar-refractivity contribution in [2.75, 3.05) is 0 Å². The quantitative estimate of drug-likeness (QED) is 0.134. The van der Waals surface area contributed by atoms with E-state index in [1.54, 1.807) is 0 Å². The minimum atomic E-state index is 0.871. The van der Waals surface area contributed by atoms with Crippen LogP contribution >= 0.6 is 0 Å². The van der Waals surface area contributed by atoms with Crippen molar-refractivity contribution in [2.24, 2.45) is 0 Å². The Labute approximate surface area is 741 Å². The van der Waals surface area contributed by atoms with E-state index in [1.807, 2.05) is 18.6 Å². The molecule has 0 aliphatic carbocycles. The average Bonchev–Trinajstić information content (AvgIpc) is 1.72. The maximum Gasteiger partial charge on any atom is 0.0979 e. The first-order chi connectivity index (χ1) is 64.0. The Bertz CT molecular complexity index is 8920. The second kappa shape index (κ2) is 30.8. The highest BCUT2D eigenvalue weighted by Gasteiger charge is 2.22. The molecule has 129 heavy (non-hydrogen) atoms. The molecule has 9 nitrogen and oxygen atoms in total. The zero-order valence-electron chi connectivity index (χ0n) is 69.8. The molecule has 27 rings (SSSR count). The van der Waals surface area contributed by atoms with Crippen molar-refractivity contribution < 1.29 is 0 Å². The summed E-state index contributed by atoms with van der Waals surface area (Å²) >= 11 is 0. The van der Waals surface area contributed by atoms with Crippen LogP contribution in [-0.4, -0.2) is 43.6 Å². The molecule has 21 aromatic carbocycles. The Morgan fingerprint density at radius 1 is 0.147 bits per heavy atom. The zero-order valence-corrected chi connectivity index (χ0v) is 69.8. The van der Waals surface area contributed by atoms with E-state index in [0.29, 0.717) is 0 Å². The number of rotatable bonds is 9. The highest BCUT2D eigenvalue weighted by molar-refractivity contribution is 6.26. The highest BCUT2D eigenvalue weighted by atomic mass is 15.0. The predicted octanol–water partition coefficient (Wildman–Crippen LogP) is 31.1. The molecule has 0 saturated heterocycles. The number of fused-ring (bicyclic) bond motifs is 27. The molecule has 0 saturated carbocycles. The molecule has 0 N–H and O–H groups in total. The van der Waals surface area contributed by atoms with Gasteiger partial charge in [-0.2, -0.15) is 0 Å². The van der Waals surface area contributed by atoms with Crippen molar-refractivity contribution in [1.82, 2.24) is 43.6 Å². The molecule has 6 aromatic heterocycles. The lowest BCUT2D eigenvalue weighted by Gasteiger charge is -2.14. The van der Waals surface area contributed by atoms with Crippen molar-refractivity contribution >= 4 is 163 Å². The smallest absolute Gasteiger partial charge is 0.0979 e. The lowest BCUT2D eigenvalue weighted by molar-refractivity contribution is 1.18. The maximum atomic E-state index is 5.19. The van der Waals surface area contributed by atoms with E-state index in [9.17, 15) is 0 Å². The maximum absolute atomic E-state index is 5.19. The molecule has 0 bridgehead atoms. The summed E-state index contributed by atoms with van der Waals surface area (Å²) in [5.74, 6) is 0. The van der Waals surface area contributed by atoms with Gasteiger partial charge in [-0.3, -0.25) is 15.0 Å². The van der Waals surface area contributed by atoms with Crippen molar-refractivity contribution in [3.8, 4) is 84.2 Å². The summed E-state index contributed by atoms with van der Waals surface area (Å²) < 4.78 is 7.10. The summed E-state index contributed by atoms with van der Waals surface area (Å²) in [6.45, 7) is 0. The number of hydrogen-bond acceptors (Lipinski definition) is 6. The Hall–Kier alpha value is -17.4. The van der Waals surface area contributed by atoms with Crippen LogP contribution in [0.15, 0.2) is 455 Å². The number of aromatic nitrogens is 9. The number of hydrogen-bond donors (Lipinski definition) is 0. The molecule has 0 amide bonds. The monoisotopic (exact) mass is 1640 g/mol.